The Balaban J connectivity index is 1.30. The summed E-state index contributed by atoms with van der Waals surface area (Å²) in [5.74, 6) is 0.672. The standard InChI is InChI=1S/C43H27N3O/c1-2-11-29(12-3-1)43-45-39(31-14-9-21-44-27-31)26-40(46-43)34-23-32(22-33(24-34)36-17-8-13-28-10-4-5-15-35(28)36)30-19-20-42-38(25-30)37-16-6-7-18-41(37)47-42/h1-27H. The monoisotopic (exact) mass is 601 g/mol. The minimum atomic E-state index is 0.672. The van der Waals surface area contributed by atoms with Gasteiger partial charge in [0.2, 0.25) is 0 Å². The number of benzene rings is 6. The molecule has 0 saturated carbocycles. The van der Waals surface area contributed by atoms with Gasteiger partial charge in [-0.2, -0.15) is 0 Å². The summed E-state index contributed by atoms with van der Waals surface area (Å²) in [5, 5.41) is 4.62. The van der Waals surface area contributed by atoms with Crippen LogP contribution in [0.3, 0.4) is 0 Å². The maximum Gasteiger partial charge on any atom is 0.160 e. The molecule has 0 atom stereocenters. The number of pyridine rings is 1. The summed E-state index contributed by atoms with van der Waals surface area (Å²) in [5.41, 5.74) is 10.8. The van der Waals surface area contributed by atoms with Crippen molar-refractivity contribution in [2.24, 2.45) is 0 Å². The maximum atomic E-state index is 6.17. The average Bonchev–Trinajstić information content (AvgIpc) is 3.53. The van der Waals surface area contributed by atoms with Gasteiger partial charge in [-0.1, -0.05) is 97.1 Å². The molecule has 47 heavy (non-hydrogen) atoms. The quantitative estimate of drug-likeness (QED) is 0.197. The van der Waals surface area contributed by atoms with E-state index < -0.39 is 0 Å². The third kappa shape index (κ3) is 4.93. The molecule has 0 unspecified atom stereocenters. The first-order valence-electron chi connectivity index (χ1n) is 15.7. The fourth-order valence-electron chi connectivity index (χ4n) is 6.45. The van der Waals surface area contributed by atoms with Crippen LogP contribution in [0.15, 0.2) is 168 Å². The second-order valence-electron chi connectivity index (χ2n) is 11.7. The molecule has 0 amide bonds. The molecule has 4 heteroatoms. The number of nitrogens with zero attached hydrogens (tertiary/aromatic N) is 3. The minimum absolute atomic E-state index is 0.672. The predicted molar refractivity (Wildman–Crippen MR) is 192 cm³/mol. The molecule has 3 aromatic heterocycles. The van der Waals surface area contributed by atoms with Crippen LogP contribution in [-0.4, -0.2) is 15.0 Å². The van der Waals surface area contributed by atoms with Gasteiger partial charge in [0.15, 0.2) is 5.82 Å². The number of hydrogen-bond donors (Lipinski definition) is 0. The molecule has 0 saturated heterocycles. The number of furan rings is 1. The summed E-state index contributed by atoms with van der Waals surface area (Å²) >= 11 is 0. The Bertz CT molecular complexity index is 2510. The van der Waals surface area contributed by atoms with Crippen molar-refractivity contribution in [3.63, 3.8) is 0 Å². The summed E-state index contributed by atoms with van der Waals surface area (Å²) in [4.78, 5) is 14.5. The highest BCUT2D eigenvalue weighted by Gasteiger charge is 2.15. The van der Waals surface area contributed by atoms with Crippen LogP contribution in [0.1, 0.15) is 0 Å². The van der Waals surface area contributed by atoms with Crippen LogP contribution in [0, 0.1) is 0 Å². The van der Waals surface area contributed by atoms with Gasteiger partial charge in [0.05, 0.1) is 11.4 Å². The lowest BCUT2D eigenvalue weighted by Crippen LogP contribution is -1.97. The van der Waals surface area contributed by atoms with Crippen LogP contribution in [0.2, 0.25) is 0 Å². The number of rotatable bonds is 5. The van der Waals surface area contributed by atoms with Gasteiger partial charge in [-0.15, -0.1) is 0 Å². The van der Waals surface area contributed by atoms with E-state index in [0.717, 1.165) is 66.7 Å². The molecule has 0 spiro atoms. The van der Waals surface area contributed by atoms with Crippen LogP contribution < -0.4 is 0 Å². The van der Waals surface area contributed by atoms with Crippen LogP contribution in [0.25, 0.3) is 88.9 Å². The van der Waals surface area contributed by atoms with Crippen molar-refractivity contribution in [3.05, 3.63) is 164 Å². The average molecular weight is 602 g/mol. The maximum absolute atomic E-state index is 6.17. The van der Waals surface area contributed by atoms with Gasteiger partial charge in [0.1, 0.15) is 11.2 Å². The third-order valence-corrected chi connectivity index (χ3v) is 8.75. The Morgan fingerprint density at radius 1 is 0.404 bits per heavy atom. The SMILES string of the molecule is c1ccc(-c2nc(-c3cccnc3)cc(-c3cc(-c4ccc5oc6ccccc6c5c4)cc(-c4cccc5ccccc45)c3)n2)cc1. The van der Waals surface area contributed by atoms with Crippen molar-refractivity contribution in [2.45, 2.75) is 0 Å². The highest BCUT2D eigenvalue weighted by molar-refractivity contribution is 6.06. The highest BCUT2D eigenvalue weighted by Crippen LogP contribution is 2.38. The summed E-state index contributed by atoms with van der Waals surface area (Å²) in [6.07, 6.45) is 3.63. The lowest BCUT2D eigenvalue weighted by Gasteiger charge is -2.14. The fraction of sp³-hybridized carbons (Fsp3) is 0. The van der Waals surface area contributed by atoms with Gasteiger partial charge in [-0.3, -0.25) is 4.98 Å². The second-order valence-corrected chi connectivity index (χ2v) is 11.7. The Morgan fingerprint density at radius 3 is 1.98 bits per heavy atom. The van der Waals surface area contributed by atoms with Crippen molar-refractivity contribution < 1.29 is 4.42 Å². The molecule has 6 aromatic carbocycles. The van der Waals surface area contributed by atoms with Crippen LogP contribution >= 0.6 is 0 Å². The topological polar surface area (TPSA) is 51.8 Å². The highest BCUT2D eigenvalue weighted by atomic mass is 16.3. The molecular weight excluding hydrogens is 574 g/mol. The molecular formula is C43H27N3O. The largest absolute Gasteiger partial charge is 0.456 e. The second kappa shape index (κ2) is 11.2. The molecule has 9 aromatic rings. The lowest BCUT2D eigenvalue weighted by molar-refractivity contribution is 0.669. The zero-order valence-electron chi connectivity index (χ0n) is 25.3. The fourth-order valence-corrected chi connectivity index (χ4v) is 6.45. The molecule has 0 N–H and O–H groups in total. The van der Waals surface area contributed by atoms with Gasteiger partial charge in [-0.25, -0.2) is 9.97 Å². The summed E-state index contributed by atoms with van der Waals surface area (Å²) in [6, 6.07) is 52.7. The van der Waals surface area contributed by atoms with E-state index in [4.69, 9.17) is 14.4 Å². The van der Waals surface area contributed by atoms with E-state index >= 15 is 0 Å². The van der Waals surface area contributed by atoms with Crippen molar-refractivity contribution in [1.29, 1.82) is 0 Å². The number of hydrogen-bond acceptors (Lipinski definition) is 4. The van der Waals surface area contributed by atoms with Crippen molar-refractivity contribution >= 4 is 32.7 Å². The lowest BCUT2D eigenvalue weighted by atomic mass is 9.92. The van der Waals surface area contributed by atoms with Crippen LogP contribution in [0.4, 0.5) is 0 Å². The minimum Gasteiger partial charge on any atom is -0.456 e. The first kappa shape index (κ1) is 27.0. The van der Waals surface area contributed by atoms with E-state index in [2.05, 4.69) is 114 Å². The van der Waals surface area contributed by atoms with Crippen LogP contribution in [0.5, 0.6) is 0 Å². The van der Waals surface area contributed by atoms with Gasteiger partial charge >= 0.3 is 0 Å². The smallest absolute Gasteiger partial charge is 0.160 e. The Kier molecular flexibility index (Phi) is 6.43. The number of aromatic nitrogens is 3. The normalized spacial score (nSPS) is 11.4. The third-order valence-electron chi connectivity index (χ3n) is 8.75. The zero-order chi connectivity index (χ0) is 31.2. The molecule has 3 heterocycles. The Hall–Kier alpha value is -6.39. The van der Waals surface area contributed by atoms with E-state index in [1.54, 1.807) is 6.20 Å². The molecule has 0 fully saturated rings. The molecule has 0 bridgehead atoms. The van der Waals surface area contributed by atoms with Gasteiger partial charge in [-0.05, 0) is 87.6 Å². The molecule has 9 rings (SSSR count). The van der Waals surface area contributed by atoms with Crippen LogP contribution in [-0.2, 0) is 0 Å². The predicted octanol–water partition coefficient (Wildman–Crippen LogP) is 11.3. The van der Waals surface area contributed by atoms with E-state index in [9.17, 15) is 0 Å². The molecule has 0 aliphatic heterocycles. The van der Waals surface area contributed by atoms with E-state index in [1.165, 1.54) is 16.3 Å². The first-order chi connectivity index (χ1) is 23.3. The molecule has 0 aliphatic carbocycles. The summed E-state index contributed by atoms with van der Waals surface area (Å²) in [7, 11) is 0. The first-order valence-corrected chi connectivity index (χ1v) is 15.7. The molecule has 4 nitrogen and oxygen atoms in total. The summed E-state index contributed by atoms with van der Waals surface area (Å²) in [6.45, 7) is 0. The van der Waals surface area contributed by atoms with Gasteiger partial charge in [0, 0.05) is 39.9 Å². The Morgan fingerprint density at radius 2 is 1.11 bits per heavy atom. The summed E-state index contributed by atoms with van der Waals surface area (Å²) < 4.78 is 6.17. The van der Waals surface area contributed by atoms with Gasteiger partial charge < -0.3 is 4.42 Å². The van der Waals surface area contributed by atoms with E-state index in [0.29, 0.717) is 5.82 Å². The molecule has 220 valence electrons. The van der Waals surface area contributed by atoms with E-state index in [-0.39, 0.29) is 0 Å². The zero-order valence-corrected chi connectivity index (χ0v) is 25.3. The van der Waals surface area contributed by atoms with Crippen molar-refractivity contribution in [1.82, 2.24) is 15.0 Å². The number of fused-ring (bicyclic) bond motifs is 4. The van der Waals surface area contributed by atoms with Crippen molar-refractivity contribution in [3.8, 4) is 56.2 Å². The van der Waals surface area contributed by atoms with Crippen molar-refractivity contribution in [2.75, 3.05) is 0 Å². The Labute approximate surface area is 271 Å². The molecule has 0 radical (unpaired) electrons. The molecule has 0 aliphatic rings. The number of para-hydroxylation sites is 1. The van der Waals surface area contributed by atoms with E-state index in [1.807, 2.05) is 48.7 Å². The van der Waals surface area contributed by atoms with Gasteiger partial charge in [0.25, 0.3) is 0 Å².